The largest absolute Gasteiger partial charge is 0.464 e. The van der Waals surface area contributed by atoms with Gasteiger partial charge in [-0.15, -0.1) is 0 Å². The highest BCUT2D eigenvalue weighted by atomic mass is 19.1. The minimum atomic E-state index is -0.557. The fraction of sp³-hybridized carbons (Fsp3) is 0.562. The van der Waals surface area contributed by atoms with Crippen LogP contribution in [0.3, 0.4) is 0 Å². The average Bonchev–Trinajstić information content (AvgIpc) is 2.93. The second-order valence-corrected chi connectivity index (χ2v) is 5.89. The van der Waals surface area contributed by atoms with Crippen LogP contribution in [0.2, 0.25) is 0 Å². The highest BCUT2D eigenvalue weighted by molar-refractivity contribution is 5.77. The number of cyclic esters (lactones) is 1. The summed E-state index contributed by atoms with van der Waals surface area (Å²) in [6.45, 7) is 5.44. The molecule has 2 aliphatic heterocycles. The maximum absolute atomic E-state index is 13.9. The molecule has 4 nitrogen and oxygen atoms in total. The van der Waals surface area contributed by atoms with Crippen LogP contribution in [0, 0.1) is 11.6 Å². The lowest BCUT2D eigenvalue weighted by Crippen LogP contribution is -2.52. The Morgan fingerprint density at radius 3 is 2.55 bits per heavy atom. The molecular formula is C16H20F2N2O2. The molecule has 0 amide bonds. The van der Waals surface area contributed by atoms with Gasteiger partial charge in [-0.25, -0.2) is 8.78 Å². The highest BCUT2D eigenvalue weighted by Gasteiger charge is 2.35. The Morgan fingerprint density at radius 2 is 1.95 bits per heavy atom. The van der Waals surface area contributed by atoms with Crippen molar-refractivity contribution in [3.63, 3.8) is 0 Å². The van der Waals surface area contributed by atoms with Gasteiger partial charge >= 0.3 is 5.97 Å². The summed E-state index contributed by atoms with van der Waals surface area (Å²) in [4.78, 5) is 15.9. The molecule has 0 radical (unpaired) electrons. The summed E-state index contributed by atoms with van der Waals surface area (Å²) < 4.78 is 31.9. The van der Waals surface area contributed by atoms with E-state index in [4.69, 9.17) is 4.74 Å². The van der Waals surface area contributed by atoms with Gasteiger partial charge in [0.1, 0.15) is 17.7 Å². The molecule has 2 aliphatic rings. The van der Waals surface area contributed by atoms with Crippen molar-refractivity contribution in [1.82, 2.24) is 9.80 Å². The first-order chi connectivity index (χ1) is 10.6. The molecule has 2 atom stereocenters. The predicted octanol–water partition coefficient (Wildman–Crippen LogP) is 1.96. The van der Waals surface area contributed by atoms with Crippen LogP contribution >= 0.6 is 0 Å². The van der Waals surface area contributed by atoms with E-state index in [1.54, 1.807) is 0 Å². The molecule has 0 unspecified atom stereocenters. The molecular weight excluding hydrogens is 290 g/mol. The third kappa shape index (κ3) is 2.98. The zero-order valence-electron chi connectivity index (χ0n) is 12.6. The number of nitrogens with zero attached hydrogens (tertiary/aromatic N) is 2. The van der Waals surface area contributed by atoms with Crippen molar-refractivity contribution in [2.45, 2.75) is 25.4 Å². The summed E-state index contributed by atoms with van der Waals surface area (Å²) in [5, 5.41) is 0. The molecule has 2 fully saturated rings. The molecule has 3 rings (SSSR count). The number of carbonyl (C=O) groups is 1. The van der Waals surface area contributed by atoms with E-state index >= 15 is 0 Å². The smallest absolute Gasteiger partial charge is 0.323 e. The lowest BCUT2D eigenvalue weighted by Gasteiger charge is -2.39. The predicted molar refractivity (Wildman–Crippen MR) is 77.3 cm³/mol. The van der Waals surface area contributed by atoms with Crippen molar-refractivity contribution < 1.29 is 18.3 Å². The van der Waals surface area contributed by atoms with E-state index in [2.05, 4.69) is 9.80 Å². The summed E-state index contributed by atoms with van der Waals surface area (Å²) in [5.74, 6) is -1.20. The topological polar surface area (TPSA) is 32.8 Å². The molecule has 0 N–H and O–H groups in total. The van der Waals surface area contributed by atoms with Gasteiger partial charge in [0.2, 0.25) is 0 Å². The number of piperazine rings is 1. The maximum Gasteiger partial charge on any atom is 0.323 e. The van der Waals surface area contributed by atoms with Crippen molar-refractivity contribution in [1.29, 1.82) is 0 Å². The quantitative estimate of drug-likeness (QED) is 0.799. The monoisotopic (exact) mass is 310 g/mol. The number of esters is 1. The molecule has 0 aliphatic carbocycles. The van der Waals surface area contributed by atoms with E-state index in [0.29, 0.717) is 12.2 Å². The van der Waals surface area contributed by atoms with Crippen LogP contribution in [-0.2, 0) is 9.53 Å². The first kappa shape index (κ1) is 15.4. The summed E-state index contributed by atoms with van der Waals surface area (Å²) >= 11 is 0. The van der Waals surface area contributed by atoms with Gasteiger partial charge in [0.25, 0.3) is 0 Å². The summed E-state index contributed by atoms with van der Waals surface area (Å²) in [7, 11) is 0. The number of halogens is 2. The maximum atomic E-state index is 13.9. The SMILES string of the molecule is C[C@@H](c1ccc(F)cc1F)N1CCN([C@H]2CCOC2=O)CC1. The van der Waals surface area contributed by atoms with E-state index in [-0.39, 0.29) is 18.1 Å². The summed E-state index contributed by atoms with van der Waals surface area (Å²) in [6.07, 6.45) is 0.751. The summed E-state index contributed by atoms with van der Waals surface area (Å²) in [5.41, 5.74) is 0.509. The van der Waals surface area contributed by atoms with Crippen LogP contribution < -0.4 is 0 Å². The van der Waals surface area contributed by atoms with E-state index in [1.165, 1.54) is 12.1 Å². The van der Waals surface area contributed by atoms with Gasteiger partial charge < -0.3 is 4.74 Å². The fourth-order valence-corrected chi connectivity index (χ4v) is 3.29. The van der Waals surface area contributed by atoms with Gasteiger partial charge in [-0.1, -0.05) is 6.07 Å². The zero-order valence-corrected chi connectivity index (χ0v) is 12.6. The van der Waals surface area contributed by atoms with E-state index in [9.17, 15) is 13.6 Å². The third-order valence-corrected chi connectivity index (χ3v) is 4.66. The molecule has 0 bridgehead atoms. The second kappa shape index (κ2) is 6.30. The van der Waals surface area contributed by atoms with Crippen LogP contribution in [0.15, 0.2) is 18.2 Å². The van der Waals surface area contributed by atoms with E-state index < -0.39 is 11.6 Å². The molecule has 0 saturated carbocycles. The molecule has 2 saturated heterocycles. The van der Waals surface area contributed by atoms with Gasteiger partial charge in [-0.05, 0) is 13.0 Å². The average molecular weight is 310 g/mol. The van der Waals surface area contributed by atoms with Crippen LogP contribution in [0.1, 0.15) is 24.9 Å². The van der Waals surface area contributed by atoms with Crippen molar-refractivity contribution in [2.24, 2.45) is 0 Å². The zero-order chi connectivity index (χ0) is 15.7. The summed E-state index contributed by atoms with van der Waals surface area (Å²) in [6, 6.07) is 3.49. The highest BCUT2D eigenvalue weighted by Crippen LogP contribution is 2.26. The number of rotatable bonds is 3. The van der Waals surface area contributed by atoms with Gasteiger partial charge in [0.05, 0.1) is 6.61 Å². The molecule has 1 aromatic rings. The number of benzene rings is 1. The Labute approximate surface area is 128 Å². The van der Waals surface area contributed by atoms with Gasteiger partial charge in [-0.3, -0.25) is 14.6 Å². The molecule has 120 valence electrons. The first-order valence-corrected chi connectivity index (χ1v) is 7.66. The van der Waals surface area contributed by atoms with Crippen molar-refractivity contribution in [3.8, 4) is 0 Å². The first-order valence-electron chi connectivity index (χ1n) is 7.66. The van der Waals surface area contributed by atoms with Gasteiger partial charge in [-0.2, -0.15) is 0 Å². The Morgan fingerprint density at radius 1 is 1.23 bits per heavy atom. The molecule has 1 aromatic carbocycles. The van der Waals surface area contributed by atoms with Crippen LogP contribution in [0.25, 0.3) is 0 Å². The lowest BCUT2D eigenvalue weighted by molar-refractivity contribution is -0.142. The molecule has 0 aromatic heterocycles. The molecule has 2 heterocycles. The number of hydrogen-bond acceptors (Lipinski definition) is 4. The standard InChI is InChI=1S/C16H20F2N2O2/c1-11(13-3-2-12(17)10-14(13)18)19-5-7-20(8-6-19)15-4-9-22-16(15)21/h2-3,10-11,15H,4-9H2,1H3/t11-,15-/m0/s1. The lowest BCUT2D eigenvalue weighted by atomic mass is 10.0. The number of ether oxygens (including phenoxy) is 1. The molecule has 6 heteroatoms. The van der Waals surface area contributed by atoms with Crippen LogP contribution in [-0.4, -0.2) is 54.6 Å². The van der Waals surface area contributed by atoms with Crippen molar-refractivity contribution in [2.75, 3.05) is 32.8 Å². The molecule has 0 spiro atoms. The Kier molecular flexibility index (Phi) is 4.40. The minimum absolute atomic E-state index is 0.113. The van der Waals surface area contributed by atoms with E-state index in [1.807, 2.05) is 6.92 Å². The van der Waals surface area contributed by atoms with Crippen molar-refractivity contribution >= 4 is 5.97 Å². The van der Waals surface area contributed by atoms with Gasteiger partial charge in [0, 0.05) is 50.3 Å². The Bertz CT molecular complexity index is 559. The van der Waals surface area contributed by atoms with Gasteiger partial charge in [0.15, 0.2) is 0 Å². The number of carbonyl (C=O) groups excluding carboxylic acids is 1. The number of hydrogen-bond donors (Lipinski definition) is 0. The van der Waals surface area contributed by atoms with Crippen LogP contribution in [0.5, 0.6) is 0 Å². The van der Waals surface area contributed by atoms with Crippen molar-refractivity contribution in [3.05, 3.63) is 35.4 Å². The fourth-order valence-electron chi connectivity index (χ4n) is 3.29. The van der Waals surface area contributed by atoms with E-state index in [0.717, 1.165) is 38.7 Å². The second-order valence-electron chi connectivity index (χ2n) is 5.89. The Hall–Kier alpha value is -1.53. The minimum Gasteiger partial charge on any atom is -0.464 e. The van der Waals surface area contributed by atoms with Crippen LogP contribution in [0.4, 0.5) is 8.78 Å². The Balaban J connectivity index is 1.62. The normalized spacial score (nSPS) is 25.2. The third-order valence-electron chi connectivity index (χ3n) is 4.66. The molecule has 22 heavy (non-hydrogen) atoms.